The van der Waals surface area contributed by atoms with E-state index in [1.54, 1.807) is 12.1 Å². The topological polar surface area (TPSA) is 104 Å². The summed E-state index contributed by atoms with van der Waals surface area (Å²) < 4.78 is 25.7. The van der Waals surface area contributed by atoms with Crippen LogP contribution in [0.1, 0.15) is 46.0 Å². The number of halogens is 2. The van der Waals surface area contributed by atoms with Crippen LogP contribution in [-0.4, -0.2) is 37.7 Å². The molecule has 0 unspecified atom stereocenters. The van der Waals surface area contributed by atoms with E-state index in [0.29, 0.717) is 25.1 Å². The van der Waals surface area contributed by atoms with Gasteiger partial charge in [-0.2, -0.15) is 0 Å². The smallest absolute Gasteiger partial charge is 0.335 e. The Balaban J connectivity index is 1.97. The number of carbonyl (C=O) groups is 2. The van der Waals surface area contributed by atoms with Crippen LogP contribution in [0.15, 0.2) is 30.3 Å². The van der Waals surface area contributed by atoms with E-state index in [1.165, 1.54) is 22.5 Å². The highest BCUT2D eigenvalue weighted by Crippen LogP contribution is 2.34. The van der Waals surface area contributed by atoms with Gasteiger partial charge < -0.3 is 10.4 Å². The molecule has 7 nitrogen and oxygen atoms in total. The van der Waals surface area contributed by atoms with Crippen molar-refractivity contribution in [1.82, 2.24) is 0 Å². The quantitative estimate of drug-likeness (QED) is 0.649. The van der Waals surface area contributed by atoms with Crippen molar-refractivity contribution in [2.24, 2.45) is 0 Å². The highest BCUT2D eigenvalue weighted by molar-refractivity contribution is 7.93. The summed E-state index contributed by atoms with van der Waals surface area (Å²) in [5.41, 5.74) is 1.39. The third-order valence-electron chi connectivity index (χ3n) is 4.68. The maximum absolute atomic E-state index is 12.9. The number of rotatable bonds is 6. The number of sulfonamides is 1. The van der Waals surface area contributed by atoms with Crippen molar-refractivity contribution in [2.75, 3.05) is 21.9 Å². The number of carboxylic acid groups (broad SMARTS) is 1. The molecule has 0 aromatic heterocycles. The number of anilines is 2. The first-order valence-electron chi connectivity index (χ1n) is 9.30. The number of nitrogens with one attached hydrogen (secondary N) is 1. The van der Waals surface area contributed by atoms with Gasteiger partial charge >= 0.3 is 5.97 Å². The summed E-state index contributed by atoms with van der Waals surface area (Å²) in [5.74, 6) is -1.70. The molecule has 10 heteroatoms. The second kappa shape index (κ2) is 8.83. The van der Waals surface area contributed by atoms with E-state index in [0.717, 1.165) is 12.0 Å². The fraction of sp³-hybridized carbons (Fsp3) is 0.300. The molecular formula is C20H20Cl2N2O5S. The van der Waals surface area contributed by atoms with E-state index in [4.69, 9.17) is 23.2 Å². The first kappa shape index (κ1) is 22.4. The molecule has 0 atom stereocenters. The van der Waals surface area contributed by atoms with Crippen LogP contribution in [0.3, 0.4) is 0 Å². The summed E-state index contributed by atoms with van der Waals surface area (Å²) in [6, 6.07) is 7.39. The number of hydrogen-bond donors (Lipinski definition) is 2. The van der Waals surface area contributed by atoms with Gasteiger partial charge in [0.2, 0.25) is 10.0 Å². The maximum atomic E-state index is 12.9. The predicted molar refractivity (Wildman–Crippen MR) is 118 cm³/mol. The molecule has 0 aliphatic carbocycles. The lowest BCUT2D eigenvalue weighted by atomic mass is 10.0. The second-order valence-corrected chi connectivity index (χ2v) is 9.76. The lowest BCUT2D eigenvalue weighted by Gasteiger charge is -2.19. The number of carboxylic acids is 1. The highest BCUT2D eigenvalue weighted by Gasteiger charge is 2.30. The molecule has 1 aliphatic heterocycles. The van der Waals surface area contributed by atoms with Crippen molar-refractivity contribution in [2.45, 2.75) is 26.2 Å². The third kappa shape index (κ3) is 4.71. The molecule has 1 fully saturated rings. The summed E-state index contributed by atoms with van der Waals surface area (Å²) >= 11 is 12.4. The average molecular weight is 471 g/mol. The van der Waals surface area contributed by atoms with Gasteiger partial charge in [0.25, 0.3) is 5.91 Å². The van der Waals surface area contributed by atoms with Gasteiger partial charge in [-0.15, -0.1) is 0 Å². The van der Waals surface area contributed by atoms with Gasteiger partial charge in [0.15, 0.2) is 0 Å². The van der Waals surface area contributed by atoms with Crippen LogP contribution in [0.2, 0.25) is 10.0 Å². The van der Waals surface area contributed by atoms with Gasteiger partial charge in [0.05, 0.1) is 32.6 Å². The normalized spacial score (nSPS) is 15.2. The molecule has 2 aromatic rings. The largest absolute Gasteiger partial charge is 0.478 e. The lowest BCUT2D eigenvalue weighted by Crippen LogP contribution is -2.25. The standard InChI is InChI=1S/C20H20Cl2N2O5S/c1-2-4-12-7-13(20(26)27)9-14(8-12)23-19(25)16-10-15(11-17(21)18(16)22)24-5-3-6-30(24,28)29/h7-11H,2-6H2,1H3,(H,23,25)(H,26,27). The van der Waals surface area contributed by atoms with E-state index in [1.807, 2.05) is 6.92 Å². The molecule has 1 heterocycles. The Morgan fingerprint density at radius 1 is 1.17 bits per heavy atom. The van der Waals surface area contributed by atoms with E-state index < -0.39 is 21.9 Å². The summed E-state index contributed by atoms with van der Waals surface area (Å²) in [6.07, 6.45) is 1.94. The Morgan fingerprint density at radius 3 is 2.50 bits per heavy atom. The Bertz CT molecular complexity index is 1120. The van der Waals surface area contributed by atoms with Crippen LogP contribution in [0, 0.1) is 0 Å². The zero-order valence-electron chi connectivity index (χ0n) is 16.1. The fourth-order valence-corrected chi connectivity index (χ4v) is 5.29. The van der Waals surface area contributed by atoms with Gasteiger partial charge in [-0.05, 0) is 48.7 Å². The van der Waals surface area contributed by atoms with Crippen molar-refractivity contribution < 1.29 is 23.1 Å². The van der Waals surface area contributed by atoms with Crippen molar-refractivity contribution in [3.63, 3.8) is 0 Å². The predicted octanol–water partition coefficient (Wildman–Crippen LogP) is 4.44. The molecule has 160 valence electrons. The van der Waals surface area contributed by atoms with E-state index >= 15 is 0 Å². The maximum Gasteiger partial charge on any atom is 0.335 e. The molecule has 0 spiro atoms. The Hall–Kier alpha value is -2.29. The molecule has 0 bridgehead atoms. The minimum atomic E-state index is -3.46. The summed E-state index contributed by atoms with van der Waals surface area (Å²) in [7, 11) is -3.46. The number of nitrogens with zero attached hydrogens (tertiary/aromatic N) is 1. The van der Waals surface area contributed by atoms with Gasteiger partial charge in [-0.25, -0.2) is 13.2 Å². The monoisotopic (exact) mass is 470 g/mol. The van der Waals surface area contributed by atoms with E-state index in [-0.39, 0.29) is 32.6 Å². The summed E-state index contributed by atoms with van der Waals surface area (Å²) in [4.78, 5) is 24.3. The molecule has 3 rings (SSSR count). The molecule has 0 saturated carbocycles. The molecule has 0 radical (unpaired) electrons. The molecule has 1 aliphatic rings. The van der Waals surface area contributed by atoms with E-state index in [2.05, 4.69) is 5.32 Å². The highest BCUT2D eigenvalue weighted by atomic mass is 35.5. The first-order valence-corrected chi connectivity index (χ1v) is 11.7. The summed E-state index contributed by atoms with van der Waals surface area (Å²) in [5, 5.41) is 12.0. The van der Waals surface area contributed by atoms with Crippen LogP contribution in [0.5, 0.6) is 0 Å². The SMILES string of the molecule is CCCc1cc(NC(=O)c2cc(N3CCCS3(=O)=O)cc(Cl)c2Cl)cc(C(=O)O)c1. The van der Waals surface area contributed by atoms with Gasteiger partial charge in [-0.1, -0.05) is 36.5 Å². The summed E-state index contributed by atoms with van der Waals surface area (Å²) in [6.45, 7) is 2.26. The molecule has 2 N–H and O–H groups in total. The van der Waals surface area contributed by atoms with Gasteiger partial charge in [0, 0.05) is 12.2 Å². The van der Waals surface area contributed by atoms with Crippen molar-refractivity contribution >= 4 is 56.5 Å². The van der Waals surface area contributed by atoms with Crippen molar-refractivity contribution in [1.29, 1.82) is 0 Å². The number of carbonyl (C=O) groups excluding carboxylic acids is 1. The molecule has 30 heavy (non-hydrogen) atoms. The van der Waals surface area contributed by atoms with Crippen molar-refractivity contribution in [3.05, 3.63) is 57.1 Å². The number of amides is 1. The Kier molecular flexibility index (Phi) is 6.59. The molecule has 2 aromatic carbocycles. The molecule has 1 amide bonds. The van der Waals surface area contributed by atoms with E-state index in [9.17, 15) is 23.1 Å². The van der Waals surface area contributed by atoms with Crippen molar-refractivity contribution in [3.8, 4) is 0 Å². The first-order chi connectivity index (χ1) is 14.1. The molecule has 1 saturated heterocycles. The van der Waals surface area contributed by atoms with Crippen LogP contribution in [0.4, 0.5) is 11.4 Å². The van der Waals surface area contributed by atoms with Gasteiger partial charge in [-0.3, -0.25) is 9.10 Å². The van der Waals surface area contributed by atoms with Crippen LogP contribution >= 0.6 is 23.2 Å². The second-order valence-electron chi connectivity index (χ2n) is 6.96. The minimum absolute atomic E-state index is 0.000892. The minimum Gasteiger partial charge on any atom is -0.478 e. The van der Waals surface area contributed by atoms with Gasteiger partial charge in [0.1, 0.15) is 0 Å². The average Bonchev–Trinajstić information content (AvgIpc) is 3.03. The zero-order chi connectivity index (χ0) is 22.1. The number of benzene rings is 2. The number of hydrogen-bond acceptors (Lipinski definition) is 4. The van der Waals surface area contributed by atoms with Crippen LogP contribution in [0.25, 0.3) is 0 Å². The fourth-order valence-electron chi connectivity index (χ4n) is 3.33. The zero-order valence-corrected chi connectivity index (χ0v) is 18.4. The molecular weight excluding hydrogens is 451 g/mol. The number of aromatic carboxylic acids is 1. The Morgan fingerprint density at radius 2 is 1.90 bits per heavy atom. The third-order valence-corrected chi connectivity index (χ3v) is 7.35. The Labute approximate surface area is 184 Å². The number of aryl methyl sites for hydroxylation is 1. The lowest BCUT2D eigenvalue weighted by molar-refractivity contribution is 0.0696. The van der Waals surface area contributed by atoms with Crippen LogP contribution in [-0.2, 0) is 16.4 Å². The van der Waals surface area contributed by atoms with Crippen LogP contribution < -0.4 is 9.62 Å².